The molecule has 0 atom stereocenters. The first-order valence-electron chi connectivity index (χ1n) is 13.9. The van der Waals surface area contributed by atoms with Crippen LogP contribution < -0.4 is 21.7 Å². The molecular weight excluding hydrogens is 516 g/mol. The van der Waals surface area contributed by atoms with Crippen molar-refractivity contribution in [3.05, 3.63) is 94.8 Å². The molecule has 212 valence electrons. The highest BCUT2D eigenvalue weighted by Crippen LogP contribution is 2.17. The molecule has 0 spiro atoms. The summed E-state index contributed by atoms with van der Waals surface area (Å²) in [6, 6.07) is 15.7. The number of nitrogens with one attached hydrogen (secondary N) is 3. The van der Waals surface area contributed by atoms with Crippen molar-refractivity contribution in [3.8, 4) is 11.8 Å². The molecular formula is C32H36N6O3. The van der Waals surface area contributed by atoms with Gasteiger partial charge in [0.1, 0.15) is 0 Å². The number of benzene rings is 2. The van der Waals surface area contributed by atoms with Gasteiger partial charge in [-0.1, -0.05) is 30.4 Å². The van der Waals surface area contributed by atoms with Gasteiger partial charge >= 0.3 is 6.03 Å². The molecule has 41 heavy (non-hydrogen) atoms. The number of primary amides is 1. The van der Waals surface area contributed by atoms with Gasteiger partial charge in [0.25, 0.3) is 5.91 Å². The lowest BCUT2D eigenvalue weighted by molar-refractivity contribution is -0.117. The Bertz CT molecular complexity index is 1390. The molecule has 1 aliphatic heterocycles. The minimum Gasteiger partial charge on any atom is -0.369 e. The number of piperidine rings is 1. The van der Waals surface area contributed by atoms with E-state index in [4.69, 9.17) is 5.73 Å². The van der Waals surface area contributed by atoms with Crippen LogP contribution in [0.15, 0.2) is 67.0 Å². The third-order valence-corrected chi connectivity index (χ3v) is 6.81. The molecule has 4 rings (SSSR count). The van der Waals surface area contributed by atoms with Gasteiger partial charge in [-0.25, -0.2) is 4.79 Å². The van der Waals surface area contributed by atoms with Crippen LogP contribution in [0.4, 0.5) is 10.5 Å². The molecule has 5 N–H and O–H groups in total. The second kappa shape index (κ2) is 15.2. The van der Waals surface area contributed by atoms with E-state index in [0.717, 1.165) is 25.2 Å². The number of amides is 4. The minimum atomic E-state index is -0.474. The molecule has 4 amide bonds. The number of hydrogen-bond donors (Lipinski definition) is 4. The summed E-state index contributed by atoms with van der Waals surface area (Å²) in [5.41, 5.74) is 9.53. The Kier molecular flexibility index (Phi) is 10.9. The highest BCUT2D eigenvalue weighted by atomic mass is 16.2. The summed E-state index contributed by atoms with van der Waals surface area (Å²) >= 11 is 0. The standard InChI is InChI=1S/C32H36N6O3/c33-30(39)22-28-12-13-29(37-32(41)36-16-14-25-5-4-15-34-23-25)21-27(28)11-8-24-6-9-26(10-7-24)31(40)35-17-20-38-18-2-1-3-19-38/h4-7,9-10,12-13,15,21,23H,1-3,14,16-20,22H2,(H2,33,39)(H,35,40)(H2,36,37,41). The maximum absolute atomic E-state index is 12.5. The second-order valence-electron chi connectivity index (χ2n) is 9.99. The normalized spacial score (nSPS) is 13.0. The lowest BCUT2D eigenvalue weighted by Crippen LogP contribution is -2.37. The minimum absolute atomic E-state index is 0.0259. The lowest BCUT2D eigenvalue weighted by Gasteiger charge is -2.26. The number of nitrogens with two attached hydrogens (primary N) is 1. The molecule has 0 saturated carbocycles. The lowest BCUT2D eigenvalue weighted by atomic mass is 10.0. The Hall–Kier alpha value is -4.68. The third-order valence-electron chi connectivity index (χ3n) is 6.81. The first-order chi connectivity index (χ1) is 20.0. The van der Waals surface area contributed by atoms with Crippen molar-refractivity contribution in [3.63, 3.8) is 0 Å². The van der Waals surface area contributed by atoms with E-state index in [-0.39, 0.29) is 18.4 Å². The number of anilines is 1. The predicted molar refractivity (Wildman–Crippen MR) is 159 cm³/mol. The summed E-state index contributed by atoms with van der Waals surface area (Å²) in [4.78, 5) is 43.0. The Morgan fingerprint density at radius 2 is 1.73 bits per heavy atom. The molecule has 3 aromatic rings. The molecule has 0 unspecified atom stereocenters. The van der Waals surface area contributed by atoms with Crippen LogP contribution in [0.25, 0.3) is 0 Å². The number of pyridine rings is 1. The van der Waals surface area contributed by atoms with Crippen LogP contribution in [0.3, 0.4) is 0 Å². The number of hydrogen-bond acceptors (Lipinski definition) is 5. The van der Waals surface area contributed by atoms with E-state index in [1.54, 1.807) is 54.9 Å². The number of carbonyl (C=O) groups excluding carboxylic acids is 3. The van der Waals surface area contributed by atoms with Crippen LogP contribution in [0.2, 0.25) is 0 Å². The van der Waals surface area contributed by atoms with Crippen molar-refractivity contribution < 1.29 is 14.4 Å². The van der Waals surface area contributed by atoms with Gasteiger partial charge in [0.2, 0.25) is 5.91 Å². The van der Waals surface area contributed by atoms with E-state index in [0.29, 0.717) is 47.5 Å². The Morgan fingerprint density at radius 1 is 0.927 bits per heavy atom. The van der Waals surface area contributed by atoms with Gasteiger partial charge in [0.15, 0.2) is 0 Å². The molecule has 2 aromatic carbocycles. The van der Waals surface area contributed by atoms with Gasteiger partial charge in [-0.05, 0) is 85.9 Å². The fourth-order valence-corrected chi connectivity index (χ4v) is 4.61. The SMILES string of the molecule is NC(=O)Cc1ccc(NC(=O)NCCc2cccnc2)cc1C#Cc1ccc(C(=O)NCCN2CCCCC2)cc1. The fourth-order valence-electron chi connectivity index (χ4n) is 4.61. The van der Waals surface area contributed by atoms with Gasteiger partial charge in [-0.3, -0.25) is 14.6 Å². The van der Waals surface area contributed by atoms with Crippen molar-refractivity contribution in [2.45, 2.75) is 32.1 Å². The topological polar surface area (TPSA) is 129 Å². The van der Waals surface area contributed by atoms with Gasteiger partial charge in [0.05, 0.1) is 6.42 Å². The summed E-state index contributed by atoms with van der Waals surface area (Å²) in [6.07, 6.45) is 7.90. The van der Waals surface area contributed by atoms with Gasteiger partial charge in [-0.2, -0.15) is 0 Å². The number of rotatable bonds is 10. The van der Waals surface area contributed by atoms with E-state index in [2.05, 4.69) is 37.7 Å². The summed E-state index contributed by atoms with van der Waals surface area (Å²) in [7, 11) is 0. The number of likely N-dealkylation sites (tertiary alicyclic amines) is 1. The van der Waals surface area contributed by atoms with Gasteiger partial charge in [-0.15, -0.1) is 0 Å². The second-order valence-corrected chi connectivity index (χ2v) is 9.99. The van der Waals surface area contributed by atoms with Crippen LogP contribution in [0, 0.1) is 11.8 Å². The Balaban J connectivity index is 1.35. The smallest absolute Gasteiger partial charge is 0.319 e. The van der Waals surface area contributed by atoms with Crippen LogP contribution in [0.1, 0.15) is 51.9 Å². The monoisotopic (exact) mass is 552 g/mol. The van der Waals surface area contributed by atoms with Crippen molar-refractivity contribution >= 4 is 23.5 Å². The maximum Gasteiger partial charge on any atom is 0.319 e. The summed E-state index contributed by atoms with van der Waals surface area (Å²) < 4.78 is 0. The van der Waals surface area contributed by atoms with Crippen molar-refractivity contribution in [2.75, 3.05) is 38.0 Å². The molecule has 0 aliphatic carbocycles. The fraction of sp³-hybridized carbons (Fsp3) is 0.312. The van der Waals surface area contributed by atoms with E-state index < -0.39 is 5.91 Å². The largest absolute Gasteiger partial charge is 0.369 e. The summed E-state index contributed by atoms with van der Waals surface area (Å²) in [5, 5.41) is 8.62. The van der Waals surface area contributed by atoms with Gasteiger partial charge < -0.3 is 26.6 Å². The molecule has 1 saturated heterocycles. The number of carbonyl (C=O) groups is 3. The zero-order chi connectivity index (χ0) is 28.9. The average Bonchev–Trinajstić information content (AvgIpc) is 2.98. The summed E-state index contributed by atoms with van der Waals surface area (Å²) in [5.74, 6) is 5.59. The number of urea groups is 1. The molecule has 9 heteroatoms. The highest BCUT2D eigenvalue weighted by molar-refractivity contribution is 5.94. The molecule has 9 nitrogen and oxygen atoms in total. The van der Waals surface area contributed by atoms with E-state index in [1.165, 1.54) is 19.3 Å². The van der Waals surface area contributed by atoms with Crippen molar-refractivity contribution in [1.82, 2.24) is 20.5 Å². The Labute approximate surface area is 240 Å². The van der Waals surface area contributed by atoms with Crippen molar-refractivity contribution in [1.29, 1.82) is 0 Å². The van der Waals surface area contributed by atoms with Crippen LogP contribution in [-0.4, -0.2) is 60.5 Å². The first-order valence-corrected chi connectivity index (χ1v) is 13.9. The zero-order valence-electron chi connectivity index (χ0n) is 23.1. The maximum atomic E-state index is 12.5. The van der Waals surface area contributed by atoms with Crippen molar-refractivity contribution in [2.24, 2.45) is 5.73 Å². The average molecular weight is 553 g/mol. The van der Waals surface area contributed by atoms with Gasteiger partial charge in [0, 0.05) is 54.4 Å². The molecule has 1 aliphatic rings. The molecule has 2 heterocycles. The van der Waals surface area contributed by atoms with E-state index in [9.17, 15) is 14.4 Å². The van der Waals surface area contributed by atoms with E-state index in [1.807, 2.05) is 12.1 Å². The van der Waals surface area contributed by atoms with E-state index >= 15 is 0 Å². The third kappa shape index (κ3) is 9.78. The molecule has 1 aromatic heterocycles. The molecule has 0 bridgehead atoms. The van der Waals surface area contributed by atoms with Crippen LogP contribution in [0.5, 0.6) is 0 Å². The summed E-state index contributed by atoms with van der Waals surface area (Å²) in [6.45, 7) is 4.14. The highest BCUT2D eigenvalue weighted by Gasteiger charge is 2.11. The Morgan fingerprint density at radius 3 is 2.46 bits per heavy atom. The first kappa shape index (κ1) is 29.3. The van der Waals surface area contributed by atoms with Crippen LogP contribution >= 0.6 is 0 Å². The zero-order valence-corrected chi connectivity index (χ0v) is 23.1. The molecule has 0 radical (unpaired) electrons. The quantitative estimate of drug-likeness (QED) is 0.287. The predicted octanol–water partition coefficient (Wildman–Crippen LogP) is 3.09. The number of aromatic nitrogens is 1. The number of nitrogens with zero attached hydrogens (tertiary/aromatic N) is 2. The van der Waals surface area contributed by atoms with Crippen LogP contribution in [-0.2, 0) is 17.6 Å². The molecule has 1 fully saturated rings.